The molecule has 0 saturated carbocycles. The first kappa shape index (κ1) is 42.9. The Balaban J connectivity index is 1.14. The number of benzene rings is 4. The number of ether oxygens (including phenoxy) is 12. The summed E-state index contributed by atoms with van der Waals surface area (Å²) in [7, 11) is 3.25. The van der Waals surface area contributed by atoms with Gasteiger partial charge in [0.05, 0.1) is 46.2 Å². The number of rotatable bonds is 16. The Bertz CT molecular complexity index is 1930. The minimum absolute atomic E-state index is 0.0177. The lowest BCUT2D eigenvalue weighted by atomic mass is 9.88. The third kappa shape index (κ3) is 9.96. The van der Waals surface area contributed by atoms with Crippen molar-refractivity contribution in [1.82, 2.24) is 0 Å². The van der Waals surface area contributed by atoms with Gasteiger partial charge in [-0.25, -0.2) is 0 Å². The fourth-order valence-electron chi connectivity index (χ4n) is 8.56. The molecule has 0 radical (unpaired) electrons. The highest BCUT2D eigenvalue weighted by Gasteiger charge is 2.60. The van der Waals surface area contributed by atoms with Crippen LogP contribution in [0.4, 0.5) is 0 Å². The van der Waals surface area contributed by atoms with Crippen LogP contribution in [0, 0.1) is 0 Å². The van der Waals surface area contributed by atoms with Gasteiger partial charge < -0.3 is 56.8 Å². The minimum atomic E-state index is -1.35. The van der Waals surface area contributed by atoms with Crippen molar-refractivity contribution in [3.05, 3.63) is 138 Å². The Hall–Kier alpha value is -3.76. The molecule has 322 valence electrons. The van der Waals surface area contributed by atoms with E-state index in [9.17, 15) is 0 Å². The van der Waals surface area contributed by atoms with Gasteiger partial charge in [-0.1, -0.05) is 91.0 Å². The topological polar surface area (TPSA) is 111 Å². The molecule has 4 aromatic carbocycles. The van der Waals surface area contributed by atoms with Crippen molar-refractivity contribution in [3.8, 4) is 5.75 Å². The van der Waals surface area contributed by atoms with E-state index in [4.69, 9.17) is 56.8 Å². The zero-order chi connectivity index (χ0) is 41.7. The van der Waals surface area contributed by atoms with Gasteiger partial charge in [-0.05, 0) is 68.7 Å². The lowest BCUT2D eigenvalue weighted by molar-refractivity contribution is -0.359. The molecule has 0 spiro atoms. The fourth-order valence-corrected chi connectivity index (χ4v) is 8.56. The molecule has 0 aliphatic carbocycles. The molecule has 4 saturated heterocycles. The number of hydrogen-bond acceptors (Lipinski definition) is 12. The van der Waals surface area contributed by atoms with Crippen LogP contribution in [0.1, 0.15) is 56.4 Å². The van der Waals surface area contributed by atoms with Crippen molar-refractivity contribution in [1.29, 1.82) is 0 Å². The molecule has 0 amide bonds. The molecule has 12 heteroatoms. The van der Waals surface area contributed by atoms with E-state index in [1.807, 2.05) is 143 Å². The van der Waals surface area contributed by atoms with Crippen molar-refractivity contribution in [2.24, 2.45) is 0 Å². The molecule has 8 rings (SSSR count). The maximum atomic E-state index is 7.21. The first-order valence-electron chi connectivity index (χ1n) is 20.8. The van der Waals surface area contributed by atoms with Gasteiger partial charge >= 0.3 is 0 Å². The molecular weight excluding hydrogens is 769 g/mol. The standard InChI is InChI=1S/C48H58O12/c1-46(2)54-31-39(58-46)42-41-37(57-47(3,4)59-41)26-48(60-42,35-22-24-36(49-5)25-23-35)55-30-38-40(51-27-32-16-10-7-11-17-32)43(52-28-33-18-12-8-13-19-33)44(45(50-6)56-38)53-29-34-20-14-9-15-21-34/h7-25,37-45H,26-31H2,1-6H3/t37-,38-,39-,40-,41-,42-,43+,44-,45+,48+/m1/s1. The first-order valence-corrected chi connectivity index (χ1v) is 20.8. The number of hydrogen-bond donors (Lipinski definition) is 0. The van der Waals surface area contributed by atoms with E-state index in [0.717, 1.165) is 22.3 Å². The van der Waals surface area contributed by atoms with Crippen LogP contribution < -0.4 is 4.74 Å². The number of fused-ring (bicyclic) bond motifs is 1. The Morgan fingerprint density at radius 3 is 1.63 bits per heavy atom. The predicted molar refractivity (Wildman–Crippen MR) is 220 cm³/mol. The van der Waals surface area contributed by atoms with Gasteiger partial charge in [0.1, 0.15) is 48.5 Å². The van der Waals surface area contributed by atoms with Crippen LogP contribution in [0.2, 0.25) is 0 Å². The molecule has 0 N–H and O–H groups in total. The van der Waals surface area contributed by atoms with Crippen LogP contribution in [0.3, 0.4) is 0 Å². The van der Waals surface area contributed by atoms with Crippen LogP contribution in [0.25, 0.3) is 0 Å². The molecule has 4 aliphatic rings. The van der Waals surface area contributed by atoms with E-state index in [0.29, 0.717) is 38.6 Å². The van der Waals surface area contributed by atoms with Gasteiger partial charge in [-0.2, -0.15) is 0 Å². The molecular formula is C48H58O12. The zero-order valence-corrected chi connectivity index (χ0v) is 35.3. The second-order valence-electron chi connectivity index (χ2n) is 16.6. The summed E-state index contributed by atoms with van der Waals surface area (Å²) in [6.07, 6.45) is -5.16. The van der Waals surface area contributed by atoms with Crippen LogP contribution >= 0.6 is 0 Å². The van der Waals surface area contributed by atoms with Crippen molar-refractivity contribution >= 4 is 0 Å². The van der Waals surface area contributed by atoms with Gasteiger partial charge in [0.25, 0.3) is 0 Å². The summed E-state index contributed by atoms with van der Waals surface area (Å²) in [5.74, 6) is -2.33. The molecule has 4 fully saturated rings. The largest absolute Gasteiger partial charge is 0.497 e. The smallest absolute Gasteiger partial charge is 0.198 e. The highest BCUT2D eigenvalue weighted by atomic mass is 16.8. The minimum Gasteiger partial charge on any atom is -0.497 e. The lowest BCUT2D eigenvalue weighted by Gasteiger charge is -2.49. The van der Waals surface area contributed by atoms with Crippen molar-refractivity contribution < 1.29 is 56.8 Å². The second kappa shape index (κ2) is 18.7. The van der Waals surface area contributed by atoms with Crippen molar-refractivity contribution in [3.63, 3.8) is 0 Å². The summed E-state index contributed by atoms with van der Waals surface area (Å²) in [6.45, 7) is 8.85. The van der Waals surface area contributed by atoms with E-state index in [-0.39, 0.29) is 6.61 Å². The van der Waals surface area contributed by atoms with Crippen molar-refractivity contribution in [2.45, 2.75) is 126 Å². The summed E-state index contributed by atoms with van der Waals surface area (Å²) < 4.78 is 78.9. The van der Waals surface area contributed by atoms with E-state index in [1.165, 1.54) is 0 Å². The summed E-state index contributed by atoms with van der Waals surface area (Å²) in [6, 6.07) is 37.8. The molecule has 0 bridgehead atoms. The summed E-state index contributed by atoms with van der Waals surface area (Å²) in [5.41, 5.74) is 3.77. The maximum Gasteiger partial charge on any atom is 0.198 e. The molecule has 0 unspecified atom stereocenters. The predicted octanol–water partition coefficient (Wildman–Crippen LogP) is 7.45. The second-order valence-corrected chi connectivity index (χ2v) is 16.6. The van der Waals surface area contributed by atoms with Crippen molar-refractivity contribution in [2.75, 3.05) is 27.4 Å². The van der Waals surface area contributed by atoms with E-state index in [1.54, 1.807) is 14.2 Å². The SMILES string of the molecule is COc1ccc([C@]2(OC[C@H]3O[C@H](OC)[C@H](OCc4ccccc4)[C@@H](OCc4ccccc4)[C@@H]3OCc3ccccc3)C[C@H]3OC(C)(C)O[C@H]3[C@@H]([C@H]3COC(C)(C)O3)O2)cc1. The van der Waals surface area contributed by atoms with E-state index in [2.05, 4.69) is 0 Å². The average Bonchev–Trinajstić information content (AvgIpc) is 3.80. The molecule has 4 heterocycles. The lowest BCUT2D eigenvalue weighted by Crippen LogP contribution is -2.62. The van der Waals surface area contributed by atoms with Crippen LogP contribution in [0.5, 0.6) is 5.75 Å². The monoisotopic (exact) mass is 826 g/mol. The summed E-state index contributed by atoms with van der Waals surface area (Å²) >= 11 is 0. The van der Waals surface area contributed by atoms with E-state index < -0.39 is 72.5 Å². The average molecular weight is 827 g/mol. The first-order chi connectivity index (χ1) is 29.0. The molecule has 4 aromatic rings. The van der Waals surface area contributed by atoms with Gasteiger partial charge in [0, 0.05) is 19.1 Å². The van der Waals surface area contributed by atoms with Crippen LogP contribution in [-0.4, -0.2) is 94.1 Å². The Morgan fingerprint density at radius 2 is 1.10 bits per heavy atom. The molecule has 0 aromatic heterocycles. The quantitative estimate of drug-likeness (QED) is 0.112. The maximum absolute atomic E-state index is 7.21. The van der Waals surface area contributed by atoms with Gasteiger partial charge in [0.15, 0.2) is 23.7 Å². The van der Waals surface area contributed by atoms with E-state index >= 15 is 0 Å². The fraction of sp³-hybridized carbons (Fsp3) is 0.500. The normalized spacial score (nSPS) is 32.1. The van der Waals surface area contributed by atoms with Gasteiger partial charge in [-0.15, -0.1) is 0 Å². The molecule has 60 heavy (non-hydrogen) atoms. The summed E-state index contributed by atoms with van der Waals surface area (Å²) in [5, 5.41) is 0. The Labute approximate surface area is 353 Å². The summed E-state index contributed by atoms with van der Waals surface area (Å²) in [4.78, 5) is 0. The van der Waals surface area contributed by atoms with Crippen LogP contribution in [-0.2, 0) is 77.7 Å². The molecule has 10 atom stereocenters. The van der Waals surface area contributed by atoms with Gasteiger partial charge in [0.2, 0.25) is 0 Å². The third-order valence-electron chi connectivity index (χ3n) is 11.4. The van der Waals surface area contributed by atoms with Gasteiger partial charge in [-0.3, -0.25) is 0 Å². The van der Waals surface area contributed by atoms with Crippen LogP contribution in [0.15, 0.2) is 115 Å². The molecule has 4 aliphatic heterocycles. The highest BCUT2D eigenvalue weighted by molar-refractivity contribution is 5.31. The number of methoxy groups -OCH3 is 2. The Morgan fingerprint density at radius 1 is 0.567 bits per heavy atom. The Kier molecular flexibility index (Phi) is 13.4. The highest BCUT2D eigenvalue weighted by Crippen LogP contribution is 2.49. The zero-order valence-electron chi connectivity index (χ0n) is 35.3. The molecule has 12 nitrogen and oxygen atoms in total. The third-order valence-corrected chi connectivity index (χ3v) is 11.4.